The second-order valence-electron chi connectivity index (χ2n) is 4.09. The molecule has 0 fully saturated rings. The average molecular weight is 247 g/mol. The van der Waals surface area contributed by atoms with Gasteiger partial charge < -0.3 is 5.11 Å². The molecule has 0 aliphatic carbocycles. The van der Waals surface area contributed by atoms with Gasteiger partial charge in [-0.15, -0.1) is 5.73 Å². The van der Waals surface area contributed by atoms with Crippen molar-refractivity contribution >= 4 is 5.57 Å². The van der Waals surface area contributed by atoms with Crippen molar-refractivity contribution in [3.05, 3.63) is 83.6 Å². The number of hydrogen-bond acceptors (Lipinski definition) is 2. The number of benzene rings is 2. The molecule has 2 aromatic rings. The molecule has 2 nitrogen and oxygen atoms in total. The molecule has 0 aliphatic rings. The topological polar surface area (TPSA) is 44.0 Å². The van der Waals surface area contributed by atoms with Gasteiger partial charge in [-0.25, -0.2) is 0 Å². The molecule has 0 saturated carbocycles. The number of nitrogens with zero attached hydrogens (tertiary/aromatic N) is 1. The van der Waals surface area contributed by atoms with E-state index in [4.69, 9.17) is 5.26 Å². The molecule has 0 aromatic heterocycles. The van der Waals surface area contributed by atoms with Crippen LogP contribution in [-0.2, 0) is 0 Å². The minimum Gasteiger partial charge on any atom is -0.383 e. The van der Waals surface area contributed by atoms with Crippen LogP contribution in [0.15, 0.2) is 66.9 Å². The zero-order chi connectivity index (χ0) is 13.7. The number of nitriles is 1. The average Bonchev–Trinajstić information content (AvgIpc) is 2.49. The quantitative estimate of drug-likeness (QED) is 0.844. The second kappa shape index (κ2) is 5.84. The molecule has 0 heterocycles. The van der Waals surface area contributed by atoms with Crippen molar-refractivity contribution in [2.75, 3.05) is 0 Å². The van der Waals surface area contributed by atoms with Crippen LogP contribution < -0.4 is 0 Å². The van der Waals surface area contributed by atoms with Crippen LogP contribution in [0.5, 0.6) is 0 Å². The molecule has 0 bridgehead atoms. The first-order valence-corrected chi connectivity index (χ1v) is 5.89. The van der Waals surface area contributed by atoms with Crippen LogP contribution in [0.1, 0.15) is 22.8 Å². The summed E-state index contributed by atoms with van der Waals surface area (Å²) in [6.07, 6.45) is -0.798. The van der Waals surface area contributed by atoms with Gasteiger partial charge in [0.1, 0.15) is 6.10 Å². The van der Waals surface area contributed by atoms with Gasteiger partial charge in [0, 0.05) is 5.57 Å². The lowest BCUT2D eigenvalue weighted by Gasteiger charge is -2.14. The van der Waals surface area contributed by atoms with Crippen molar-refractivity contribution in [2.24, 2.45) is 0 Å². The molecule has 0 spiro atoms. The Bertz CT molecular complexity index is 644. The van der Waals surface area contributed by atoms with Gasteiger partial charge in [-0.2, -0.15) is 5.26 Å². The molecule has 1 unspecified atom stereocenters. The third-order valence-electron chi connectivity index (χ3n) is 2.90. The lowest BCUT2D eigenvalue weighted by Crippen LogP contribution is -2.00. The molecule has 1 N–H and O–H groups in total. The first-order valence-electron chi connectivity index (χ1n) is 5.89. The molecular weight excluding hydrogens is 234 g/mol. The fourth-order valence-corrected chi connectivity index (χ4v) is 1.88. The number of aliphatic hydroxyl groups is 1. The van der Waals surface area contributed by atoms with Gasteiger partial charge in [0.2, 0.25) is 0 Å². The van der Waals surface area contributed by atoms with Gasteiger partial charge in [0.05, 0.1) is 11.6 Å². The van der Waals surface area contributed by atoms with E-state index in [0.29, 0.717) is 16.7 Å². The minimum absolute atomic E-state index is 0.569. The Labute approximate surface area is 112 Å². The third-order valence-corrected chi connectivity index (χ3v) is 2.90. The van der Waals surface area contributed by atoms with E-state index >= 15 is 0 Å². The molecular formula is C17H13NO. The highest BCUT2D eigenvalue weighted by Crippen LogP contribution is 2.28. The Balaban J connectivity index is 2.34. The van der Waals surface area contributed by atoms with Gasteiger partial charge in [0.25, 0.3) is 0 Å². The Morgan fingerprint density at radius 2 is 1.68 bits per heavy atom. The maximum Gasteiger partial charge on any atom is 0.112 e. The summed E-state index contributed by atoms with van der Waals surface area (Å²) in [5, 5.41) is 19.1. The zero-order valence-corrected chi connectivity index (χ0v) is 10.4. The van der Waals surface area contributed by atoms with E-state index in [1.54, 1.807) is 24.3 Å². The lowest BCUT2D eigenvalue weighted by molar-refractivity contribution is 0.238. The summed E-state index contributed by atoms with van der Waals surface area (Å²) in [4.78, 5) is 0. The smallest absolute Gasteiger partial charge is 0.112 e. The number of rotatable bonds is 3. The van der Waals surface area contributed by atoms with Crippen molar-refractivity contribution in [1.82, 2.24) is 0 Å². The van der Waals surface area contributed by atoms with Crippen LogP contribution in [0, 0.1) is 11.3 Å². The van der Waals surface area contributed by atoms with Crippen LogP contribution in [0.25, 0.3) is 5.57 Å². The summed E-state index contributed by atoms with van der Waals surface area (Å²) in [5.41, 5.74) is 5.60. The molecule has 92 valence electrons. The number of aliphatic hydroxyl groups excluding tert-OH is 1. The molecule has 2 heteroatoms. The van der Waals surface area contributed by atoms with Gasteiger partial charge >= 0.3 is 0 Å². The number of hydrogen-bond donors (Lipinski definition) is 1. The Morgan fingerprint density at radius 1 is 1.05 bits per heavy atom. The normalized spacial score (nSPS) is 11.2. The van der Waals surface area contributed by atoms with Gasteiger partial charge in [-0.1, -0.05) is 49.0 Å². The van der Waals surface area contributed by atoms with Crippen molar-refractivity contribution < 1.29 is 5.11 Å². The highest BCUT2D eigenvalue weighted by Gasteiger charge is 2.14. The summed E-state index contributed by atoms with van der Waals surface area (Å²) in [5.74, 6) is 0. The van der Waals surface area contributed by atoms with E-state index in [9.17, 15) is 5.11 Å². The molecule has 0 amide bonds. The fraction of sp³-hybridized carbons (Fsp3) is 0.0588. The monoisotopic (exact) mass is 247 g/mol. The summed E-state index contributed by atoms with van der Waals surface area (Å²) in [6, 6.07) is 18.4. The van der Waals surface area contributed by atoms with Gasteiger partial charge in [-0.3, -0.25) is 0 Å². The van der Waals surface area contributed by atoms with Crippen LogP contribution >= 0.6 is 0 Å². The lowest BCUT2D eigenvalue weighted by atomic mass is 9.95. The highest BCUT2D eigenvalue weighted by atomic mass is 16.3. The van der Waals surface area contributed by atoms with E-state index in [1.807, 2.05) is 30.3 Å². The fourth-order valence-electron chi connectivity index (χ4n) is 1.88. The zero-order valence-electron chi connectivity index (χ0n) is 10.4. The van der Waals surface area contributed by atoms with Crippen LogP contribution in [-0.4, -0.2) is 5.11 Å². The van der Waals surface area contributed by atoms with E-state index in [2.05, 4.69) is 18.4 Å². The molecule has 1 atom stereocenters. The largest absolute Gasteiger partial charge is 0.383 e. The van der Waals surface area contributed by atoms with E-state index in [1.165, 1.54) is 0 Å². The Kier molecular flexibility index (Phi) is 3.95. The Morgan fingerprint density at radius 3 is 2.21 bits per heavy atom. The predicted molar refractivity (Wildman–Crippen MR) is 75.1 cm³/mol. The first-order chi connectivity index (χ1) is 9.26. The van der Waals surface area contributed by atoms with Gasteiger partial charge in [-0.05, 0) is 23.3 Å². The highest BCUT2D eigenvalue weighted by molar-refractivity contribution is 5.69. The standard InChI is InChI=1S/C17H13NO/c1-2-16(14-6-4-3-5-7-14)17(19)15-10-8-13(12-18)9-11-15/h3-11,17,19H,1H2. The van der Waals surface area contributed by atoms with E-state index < -0.39 is 6.10 Å². The summed E-state index contributed by atoms with van der Waals surface area (Å²) in [6.45, 7) is 3.64. The van der Waals surface area contributed by atoms with E-state index in [-0.39, 0.29) is 0 Å². The first kappa shape index (κ1) is 12.9. The minimum atomic E-state index is -0.798. The molecule has 0 saturated heterocycles. The van der Waals surface area contributed by atoms with Crippen LogP contribution in [0.4, 0.5) is 0 Å². The third kappa shape index (κ3) is 2.81. The molecule has 0 radical (unpaired) electrons. The van der Waals surface area contributed by atoms with Crippen molar-refractivity contribution in [3.63, 3.8) is 0 Å². The van der Waals surface area contributed by atoms with Crippen molar-refractivity contribution in [3.8, 4) is 6.07 Å². The van der Waals surface area contributed by atoms with Crippen molar-refractivity contribution in [2.45, 2.75) is 6.10 Å². The molecule has 19 heavy (non-hydrogen) atoms. The molecule has 2 rings (SSSR count). The second-order valence-corrected chi connectivity index (χ2v) is 4.09. The Hall–Kier alpha value is -2.59. The van der Waals surface area contributed by atoms with E-state index in [0.717, 1.165) is 5.56 Å². The SMILES string of the molecule is C=C=C(c1ccccc1)C(O)c1ccc(C#N)cc1. The summed E-state index contributed by atoms with van der Waals surface area (Å²) in [7, 11) is 0. The maximum absolute atomic E-state index is 10.4. The van der Waals surface area contributed by atoms with Gasteiger partial charge in [0.15, 0.2) is 0 Å². The molecule has 0 aliphatic heterocycles. The molecule has 2 aromatic carbocycles. The summed E-state index contributed by atoms with van der Waals surface area (Å²) >= 11 is 0. The van der Waals surface area contributed by atoms with Crippen LogP contribution in [0.2, 0.25) is 0 Å². The van der Waals surface area contributed by atoms with Crippen molar-refractivity contribution in [1.29, 1.82) is 5.26 Å². The summed E-state index contributed by atoms with van der Waals surface area (Å²) < 4.78 is 0. The van der Waals surface area contributed by atoms with Crippen LogP contribution in [0.3, 0.4) is 0 Å². The predicted octanol–water partition coefficient (Wildman–Crippen LogP) is 3.46. The maximum atomic E-state index is 10.4.